The summed E-state index contributed by atoms with van der Waals surface area (Å²) in [6, 6.07) is 14.6. The number of hydrogen-bond acceptors (Lipinski definition) is 4. The van der Waals surface area contributed by atoms with E-state index in [-0.39, 0.29) is 17.2 Å². The van der Waals surface area contributed by atoms with Crippen LogP contribution in [0.3, 0.4) is 0 Å². The van der Waals surface area contributed by atoms with Crippen LogP contribution in [0.2, 0.25) is 5.02 Å². The second-order valence-electron chi connectivity index (χ2n) is 6.93. The van der Waals surface area contributed by atoms with Crippen molar-refractivity contribution in [3.8, 4) is 0 Å². The highest BCUT2D eigenvalue weighted by molar-refractivity contribution is 6.32. The molecule has 0 bridgehead atoms. The molecule has 2 aromatic carbocycles. The first-order chi connectivity index (χ1) is 13.9. The number of hydrogen-bond donors (Lipinski definition) is 1. The normalized spacial score (nSPS) is 12.3. The molecule has 5 nitrogen and oxygen atoms in total. The van der Waals surface area contributed by atoms with Gasteiger partial charge in [-0.05, 0) is 43.3 Å². The molecule has 0 fully saturated rings. The monoisotopic (exact) mass is 412 g/mol. The second kappa shape index (κ2) is 9.25. The van der Waals surface area contributed by atoms with Crippen molar-refractivity contribution in [1.29, 1.82) is 0 Å². The summed E-state index contributed by atoms with van der Waals surface area (Å²) >= 11 is 6.10. The number of nitrogens with zero attached hydrogens (tertiary/aromatic N) is 1. The summed E-state index contributed by atoms with van der Waals surface area (Å²) in [7, 11) is 0. The highest BCUT2D eigenvalue weighted by atomic mass is 35.5. The van der Waals surface area contributed by atoms with Crippen molar-refractivity contribution >= 4 is 28.5 Å². The van der Waals surface area contributed by atoms with E-state index in [1.807, 2.05) is 25.1 Å². The molecule has 1 atom stereocenters. The van der Waals surface area contributed by atoms with Crippen molar-refractivity contribution in [2.45, 2.75) is 26.8 Å². The average molecular weight is 413 g/mol. The molecule has 6 heteroatoms. The predicted molar refractivity (Wildman–Crippen MR) is 117 cm³/mol. The van der Waals surface area contributed by atoms with Gasteiger partial charge in [0.05, 0.1) is 11.4 Å². The van der Waals surface area contributed by atoms with E-state index in [1.165, 1.54) is 6.07 Å². The van der Waals surface area contributed by atoms with Gasteiger partial charge in [-0.1, -0.05) is 55.8 Å². The summed E-state index contributed by atoms with van der Waals surface area (Å²) in [6.45, 7) is 8.14. The number of likely N-dealkylation sites (N-methyl/N-ethyl adjacent to an activating group) is 1. The molecule has 29 heavy (non-hydrogen) atoms. The van der Waals surface area contributed by atoms with E-state index in [2.05, 4.69) is 36.2 Å². The second-order valence-corrected chi connectivity index (χ2v) is 7.34. The third kappa shape index (κ3) is 4.69. The van der Waals surface area contributed by atoms with Crippen LogP contribution in [0.5, 0.6) is 0 Å². The highest BCUT2D eigenvalue weighted by Crippen LogP contribution is 2.23. The van der Waals surface area contributed by atoms with Gasteiger partial charge < -0.3 is 9.73 Å². The lowest BCUT2D eigenvalue weighted by Crippen LogP contribution is -2.38. The van der Waals surface area contributed by atoms with Gasteiger partial charge in [0.15, 0.2) is 11.2 Å². The molecule has 1 N–H and O–H groups in total. The Hall–Kier alpha value is -2.63. The molecule has 0 aliphatic carbocycles. The van der Waals surface area contributed by atoms with Crippen LogP contribution in [0.25, 0.3) is 11.0 Å². The largest absolute Gasteiger partial charge is 0.451 e. The van der Waals surface area contributed by atoms with Gasteiger partial charge in [0.1, 0.15) is 5.58 Å². The zero-order valence-corrected chi connectivity index (χ0v) is 17.6. The lowest BCUT2D eigenvalue weighted by atomic mass is 10.0. The van der Waals surface area contributed by atoms with E-state index in [1.54, 1.807) is 12.1 Å². The van der Waals surface area contributed by atoms with E-state index >= 15 is 0 Å². The van der Waals surface area contributed by atoms with Crippen molar-refractivity contribution in [1.82, 2.24) is 10.2 Å². The van der Waals surface area contributed by atoms with Crippen LogP contribution in [-0.4, -0.2) is 30.4 Å². The first kappa shape index (κ1) is 21.1. The third-order valence-electron chi connectivity index (χ3n) is 5.13. The molecule has 152 valence electrons. The topological polar surface area (TPSA) is 62.6 Å². The Morgan fingerprint density at radius 3 is 2.48 bits per heavy atom. The number of carbonyl (C=O) groups is 1. The maximum absolute atomic E-state index is 12.7. The standard InChI is InChI=1S/C23H25ClN2O3/c1-4-26(5-2)19(16-9-7-6-8-10-16)14-25-23(28)22-13-20(27)17-12-18(24)15(3)11-21(17)29-22/h6-13,19H,4-5,14H2,1-3H3,(H,25,28). The first-order valence-corrected chi connectivity index (χ1v) is 10.1. The van der Waals surface area contributed by atoms with Crippen LogP contribution < -0.4 is 10.7 Å². The van der Waals surface area contributed by atoms with Crippen molar-refractivity contribution in [3.05, 3.63) is 80.7 Å². The van der Waals surface area contributed by atoms with E-state index in [0.29, 0.717) is 22.5 Å². The summed E-state index contributed by atoms with van der Waals surface area (Å²) < 4.78 is 5.71. The summed E-state index contributed by atoms with van der Waals surface area (Å²) in [4.78, 5) is 27.4. The molecule has 0 saturated heterocycles. The molecular formula is C23H25ClN2O3. The number of carbonyl (C=O) groups excluding carboxylic acids is 1. The molecular weight excluding hydrogens is 388 g/mol. The lowest BCUT2D eigenvalue weighted by Gasteiger charge is -2.30. The molecule has 0 spiro atoms. The van der Waals surface area contributed by atoms with Crippen molar-refractivity contribution in [3.63, 3.8) is 0 Å². The quantitative estimate of drug-likeness (QED) is 0.617. The zero-order valence-electron chi connectivity index (χ0n) is 16.9. The number of rotatable bonds is 7. The Morgan fingerprint density at radius 2 is 1.83 bits per heavy atom. The molecule has 3 rings (SSSR count). The van der Waals surface area contributed by atoms with E-state index < -0.39 is 5.91 Å². The Balaban J connectivity index is 1.85. The van der Waals surface area contributed by atoms with Crippen LogP contribution in [-0.2, 0) is 0 Å². The fourth-order valence-electron chi connectivity index (χ4n) is 3.46. The smallest absolute Gasteiger partial charge is 0.287 e. The summed E-state index contributed by atoms with van der Waals surface area (Å²) in [6.07, 6.45) is 0. The predicted octanol–water partition coefficient (Wildman–Crippen LogP) is 4.57. The Labute approximate surface area is 175 Å². The number of aryl methyl sites for hydroxylation is 1. The van der Waals surface area contributed by atoms with E-state index in [9.17, 15) is 9.59 Å². The van der Waals surface area contributed by atoms with E-state index in [4.69, 9.17) is 16.0 Å². The number of benzene rings is 2. The van der Waals surface area contributed by atoms with Gasteiger partial charge in [0, 0.05) is 17.6 Å². The maximum atomic E-state index is 12.7. The first-order valence-electron chi connectivity index (χ1n) is 9.75. The minimum Gasteiger partial charge on any atom is -0.451 e. The Bertz CT molecular complexity index is 1060. The van der Waals surface area contributed by atoms with Gasteiger partial charge >= 0.3 is 0 Å². The third-order valence-corrected chi connectivity index (χ3v) is 5.53. The molecule has 1 amide bonds. The van der Waals surface area contributed by atoms with Crippen molar-refractivity contribution < 1.29 is 9.21 Å². The number of fused-ring (bicyclic) bond motifs is 1. The lowest BCUT2D eigenvalue weighted by molar-refractivity contribution is 0.0908. The van der Waals surface area contributed by atoms with Crippen molar-refractivity contribution in [2.24, 2.45) is 0 Å². The minimum atomic E-state index is -0.412. The average Bonchev–Trinajstić information content (AvgIpc) is 2.73. The fourth-order valence-corrected chi connectivity index (χ4v) is 3.63. The molecule has 3 aromatic rings. The number of amides is 1. The minimum absolute atomic E-state index is 0.00409. The summed E-state index contributed by atoms with van der Waals surface area (Å²) in [5, 5.41) is 3.78. The molecule has 0 radical (unpaired) electrons. The molecule has 0 saturated carbocycles. The van der Waals surface area contributed by atoms with Crippen LogP contribution in [0.15, 0.2) is 57.7 Å². The van der Waals surface area contributed by atoms with Crippen LogP contribution in [0, 0.1) is 6.92 Å². The van der Waals surface area contributed by atoms with Crippen molar-refractivity contribution in [2.75, 3.05) is 19.6 Å². The van der Waals surface area contributed by atoms with Gasteiger partial charge in [0.25, 0.3) is 5.91 Å². The fraction of sp³-hybridized carbons (Fsp3) is 0.304. The summed E-state index contributed by atoms with van der Waals surface area (Å²) in [5.41, 5.74) is 1.97. The maximum Gasteiger partial charge on any atom is 0.287 e. The number of nitrogens with one attached hydrogen (secondary N) is 1. The molecule has 1 unspecified atom stereocenters. The van der Waals surface area contributed by atoms with Crippen LogP contribution in [0.1, 0.15) is 41.6 Å². The van der Waals surface area contributed by atoms with Gasteiger partial charge in [-0.25, -0.2) is 0 Å². The zero-order chi connectivity index (χ0) is 21.0. The van der Waals surface area contributed by atoms with Gasteiger partial charge in [-0.15, -0.1) is 0 Å². The van der Waals surface area contributed by atoms with Crippen LogP contribution in [0.4, 0.5) is 0 Å². The van der Waals surface area contributed by atoms with Gasteiger partial charge in [0.2, 0.25) is 0 Å². The van der Waals surface area contributed by atoms with E-state index in [0.717, 1.165) is 24.2 Å². The van der Waals surface area contributed by atoms with Crippen LogP contribution >= 0.6 is 11.6 Å². The Morgan fingerprint density at radius 1 is 1.14 bits per heavy atom. The summed E-state index contributed by atoms with van der Waals surface area (Å²) in [5.74, 6) is -0.416. The van der Waals surface area contributed by atoms with Gasteiger partial charge in [-0.2, -0.15) is 0 Å². The SMILES string of the molecule is CCN(CC)C(CNC(=O)c1cc(=O)c2cc(Cl)c(C)cc2o1)c1ccccc1. The highest BCUT2D eigenvalue weighted by Gasteiger charge is 2.20. The molecule has 0 aliphatic rings. The Kier molecular flexibility index (Phi) is 6.72. The molecule has 0 aliphatic heterocycles. The molecule has 1 heterocycles. The number of halogens is 1. The molecule has 1 aromatic heterocycles. The van der Waals surface area contributed by atoms with Gasteiger partial charge in [-0.3, -0.25) is 14.5 Å².